The maximum Gasteiger partial charge on any atom is 0.330 e. The molecule has 0 atom stereocenters. The number of unbranched alkanes of at least 4 members (excludes halogenated alkanes) is 1. The summed E-state index contributed by atoms with van der Waals surface area (Å²) in [4.78, 5) is 11.3. The molecule has 2 nitrogen and oxygen atoms in total. The van der Waals surface area contributed by atoms with Crippen molar-refractivity contribution in [3.05, 3.63) is 11.6 Å². The molecule has 0 N–H and O–H groups in total. The molecule has 0 saturated heterocycles. The van der Waals surface area contributed by atoms with Gasteiger partial charge in [-0.15, -0.1) is 0 Å². The highest BCUT2D eigenvalue weighted by Crippen LogP contribution is 2.28. The summed E-state index contributed by atoms with van der Waals surface area (Å²) < 4.78 is 5.10. The number of carbonyl (C=O) groups excluding carboxylic acids is 1. The third kappa shape index (κ3) is 5.05. The van der Waals surface area contributed by atoms with Crippen LogP contribution in [0.25, 0.3) is 0 Å². The zero-order chi connectivity index (χ0) is 10.4. The van der Waals surface area contributed by atoms with E-state index in [0.717, 1.165) is 18.4 Å². The maximum absolute atomic E-state index is 11.3. The molecule has 0 aromatic carbocycles. The lowest BCUT2D eigenvalue weighted by atomic mass is 10.1. The Morgan fingerprint density at radius 3 is 2.79 bits per heavy atom. The van der Waals surface area contributed by atoms with E-state index < -0.39 is 0 Å². The highest BCUT2D eigenvalue weighted by molar-refractivity contribution is 5.82. The van der Waals surface area contributed by atoms with Gasteiger partial charge in [-0.1, -0.05) is 18.9 Å². The van der Waals surface area contributed by atoms with Gasteiger partial charge in [0.25, 0.3) is 0 Å². The molecule has 0 spiro atoms. The Morgan fingerprint density at radius 1 is 1.50 bits per heavy atom. The van der Waals surface area contributed by atoms with Gasteiger partial charge in [0.2, 0.25) is 0 Å². The van der Waals surface area contributed by atoms with Crippen LogP contribution < -0.4 is 0 Å². The molecule has 0 unspecified atom stereocenters. The lowest BCUT2D eigenvalue weighted by Gasteiger charge is -2.01. The van der Waals surface area contributed by atoms with E-state index in [1.54, 1.807) is 6.08 Å². The van der Waals surface area contributed by atoms with Gasteiger partial charge in [0, 0.05) is 6.08 Å². The number of hydrogen-bond donors (Lipinski definition) is 0. The summed E-state index contributed by atoms with van der Waals surface area (Å²) in [6.07, 6.45) is 7.42. The standard InChI is InChI=1S/C12H20O2/c1-3-4-5-10(2)8-12(13)14-9-11-6-7-11/h8,11H,3-7,9H2,1-2H3/b10-8+. The van der Waals surface area contributed by atoms with E-state index in [4.69, 9.17) is 4.74 Å². The van der Waals surface area contributed by atoms with Crippen LogP contribution in [0.15, 0.2) is 11.6 Å². The number of allylic oxidation sites excluding steroid dienone is 1. The first-order valence-corrected chi connectivity index (χ1v) is 5.56. The molecular formula is C12H20O2. The number of rotatable bonds is 6. The average Bonchev–Trinajstić information content (AvgIpc) is 2.95. The summed E-state index contributed by atoms with van der Waals surface area (Å²) in [6.45, 7) is 4.77. The Balaban J connectivity index is 2.14. The Hall–Kier alpha value is -0.790. The zero-order valence-corrected chi connectivity index (χ0v) is 9.21. The van der Waals surface area contributed by atoms with Gasteiger partial charge in [-0.3, -0.25) is 0 Å². The monoisotopic (exact) mass is 196 g/mol. The molecular weight excluding hydrogens is 176 g/mol. The van der Waals surface area contributed by atoms with Crippen LogP contribution in [0, 0.1) is 5.92 Å². The van der Waals surface area contributed by atoms with Crippen LogP contribution in [0.2, 0.25) is 0 Å². The smallest absolute Gasteiger partial charge is 0.330 e. The molecule has 1 saturated carbocycles. The van der Waals surface area contributed by atoms with Gasteiger partial charge in [-0.05, 0) is 38.5 Å². The fourth-order valence-corrected chi connectivity index (χ4v) is 1.26. The molecule has 0 aromatic heterocycles. The molecule has 1 aliphatic carbocycles. The van der Waals surface area contributed by atoms with Crippen molar-refractivity contribution in [3.63, 3.8) is 0 Å². The molecule has 1 rings (SSSR count). The van der Waals surface area contributed by atoms with Crippen molar-refractivity contribution in [1.82, 2.24) is 0 Å². The van der Waals surface area contributed by atoms with Gasteiger partial charge in [0.15, 0.2) is 0 Å². The second kappa shape index (κ2) is 5.84. The summed E-state index contributed by atoms with van der Waals surface area (Å²) >= 11 is 0. The van der Waals surface area contributed by atoms with E-state index in [9.17, 15) is 4.79 Å². The number of esters is 1. The van der Waals surface area contributed by atoms with Crippen LogP contribution in [-0.2, 0) is 9.53 Å². The van der Waals surface area contributed by atoms with Crippen molar-refractivity contribution in [1.29, 1.82) is 0 Å². The molecule has 1 aliphatic rings. The Labute approximate surface area is 86.3 Å². The van der Waals surface area contributed by atoms with Crippen molar-refractivity contribution >= 4 is 5.97 Å². The van der Waals surface area contributed by atoms with Crippen LogP contribution in [0.4, 0.5) is 0 Å². The second-order valence-electron chi connectivity index (χ2n) is 4.17. The van der Waals surface area contributed by atoms with Gasteiger partial charge >= 0.3 is 5.97 Å². The van der Waals surface area contributed by atoms with Crippen LogP contribution in [0.5, 0.6) is 0 Å². The molecule has 0 aromatic rings. The molecule has 2 heteroatoms. The Bertz CT molecular complexity index is 214. The summed E-state index contributed by atoms with van der Waals surface area (Å²) in [5.41, 5.74) is 1.13. The van der Waals surface area contributed by atoms with E-state index in [1.807, 2.05) is 6.92 Å². The fourth-order valence-electron chi connectivity index (χ4n) is 1.26. The largest absolute Gasteiger partial charge is 0.462 e. The SMILES string of the molecule is CCCC/C(C)=C/C(=O)OCC1CC1. The first-order valence-electron chi connectivity index (χ1n) is 5.56. The van der Waals surface area contributed by atoms with Gasteiger partial charge in [0.1, 0.15) is 0 Å². The highest BCUT2D eigenvalue weighted by Gasteiger charge is 2.22. The third-order valence-corrected chi connectivity index (χ3v) is 2.45. The number of hydrogen-bond acceptors (Lipinski definition) is 2. The highest BCUT2D eigenvalue weighted by atomic mass is 16.5. The lowest BCUT2D eigenvalue weighted by molar-refractivity contribution is -0.138. The minimum atomic E-state index is -0.162. The summed E-state index contributed by atoms with van der Waals surface area (Å²) in [6, 6.07) is 0. The number of carbonyl (C=O) groups is 1. The topological polar surface area (TPSA) is 26.3 Å². The van der Waals surface area contributed by atoms with E-state index >= 15 is 0 Å². The molecule has 0 amide bonds. The molecule has 0 heterocycles. The first kappa shape index (κ1) is 11.3. The predicted octanol–water partition coefficient (Wildman–Crippen LogP) is 3.08. The van der Waals surface area contributed by atoms with Crippen LogP contribution >= 0.6 is 0 Å². The summed E-state index contributed by atoms with van der Waals surface area (Å²) in [5.74, 6) is 0.494. The third-order valence-electron chi connectivity index (χ3n) is 2.45. The van der Waals surface area contributed by atoms with Gasteiger partial charge < -0.3 is 4.74 Å². The lowest BCUT2D eigenvalue weighted by Crippen LogP contribution is -2.04. The minimum absolute atomic E-state index is 0.162. The Morgan fingerprint density at radius 2 is 2.21 bits per heavy atom. The number of ether oxygens (including phenoxy) is 1. The summed E-state index contributed by atoms with van der Waals surface area (Å²) in [7, 11) is 0. The quantitative estimate of drug-likeness (QED) is 0.482. The van der Waals surface area contributed by atoms with E-state index in [-0.39, 0.29) is 5.97 Å². The summed E-state index contributed by atoms with van der Waals surface area (Å²) in [5, 5.41) is 0. The molecule has 1 fully saturated rings. The zero-order valence-electron chi connectivity index (χ0n) is 9.21. The molecule has 0 bridgehead atoms. The fraction of sp³-hybridized carbons (Fsp3) is 0.750. The molecule has 14 heavy (non-hydrogen) atoms. The Kier molecular flexibility index (Phi) is 4.71. The second-order valence-corrected chi connectivity index (χ2v) is 4.17. The van der Waals surface area contributed by atoms with E-state index in [0.29, 0.717) is 12.5 Å². The van der Waals surface area contributed by atoms with Gasteiger partial charge in [-0.25, -0.2) is 4.79 Å². The van der Waals surface area contributed by atoms with Crippen molar-refractivity contribution in [2.24, 2.45) is 5.92 Å². The normalized spacial score (nSPS) is 16.9. The maximum atomic E-state index is 11.3. The first-order chi connectivity index (χ1) is 6.72. The molecule has 0 aliphatic heterocycles. The van der Waals surface area contributed by atoms with Crippen molar-refractivity contribution < 1.29 is 9.53 Å². The molecule has 80 valence electrons. The van der Waals surface area contributed by atoms with Crippen molar-refractivity contribution in [3.8, 4) is 0 Å². The van der Waals surface area contributed by atoms with E-state index in [2.05, 4.69) is 6.92 Å². The van der Waals surface area contributed by atoms with Crippen molar-refractivity contribution in [2.75, 3.05) is 6.61 Å². The van der Waals surface area contributed by atoms with Gasteiger partial charge in [0.05, 0.1) is 6.61 Å². The van der Waals surface area contributed by atoms with Crippen LogP contribution in [0.1, 0.15) is 46.0 Å². The molecule has 0 radical (unpaired) electrons. The van der Waals surface area contributed by atoms with Crippen LogP contribution in [-0.4, -0.2) is 12.6 Å². The average molecular weight is 196 g/mol. The van der Waals surface area contributed by atoms with E-state index in [1.165, 1.54) is 19.3 Å². The predicted molar refractivity (Wildman–Crippen MR) is 57.0 cm³/mol. The minimum Gasteiger partial charge on any atom is -0.462 e. The van der Waals surface area contributed by atoms with Crippen LogP contribution in [0.3, 0.4) is 0 Å². The van der Waals surface area contributed by atoms with Gasteiger partial charge in [-0.2, -0.15) is 0 Å². The van der Waals surface area contributed by atoms with Crippen molar-refractivity contribution in [2.45, 2.75) is 46.0 Å².